The van der Waals surface area contributed by atoms with Crippen molar-refractivity contribution in [3.8, 4) is 6.07 Å². The SMILES string of the molecule is CCC(NC(=O)C1(F)C(F)(F)C1(F)F)C(=O)N(C)CC(=O)N1CC(C(=O)Nc2ccccc2)CC1C#N. The minimum absolute atomic E-state index is 0.0488. The molecule has 0 spiro atoms. The number of carbonyl (C=O) groups is 4. The summed E-state index contributed by atoms with van der Waals surface area (Å²) in [5, 5.41) is 13.7. The van der Waals surface area contributed by atoms with E-state index in [2.05, 4.69) is 5.32 Å². The molecule has 2 fully saturated rings. The van der Waals surface area contributed by atoms with Crippen molar-refractivity contribution in [2.45, 2.75) is 49.4 Å². The number of benzene rings is 1. The molecule has 1 saturated heterocycles. The predicted octanol–water partition coefficient (Wildman–Crippen LogP) is 1.71. The smallest absolute Gasteiger partial charge is 0.341 e. The van der Waals surface area contributed by atoms with Gasteiger partial charge in [0.1, 0.15) is 12.1 Å². The van der Waals surface area contributed by atoms with Crippen LogP contribution in [0.1, 0.15) is 19.8 Å². The van der Waals surface area contributed by atoms with Crippen molar-refractivity contribution < 1.29 is 41.1 Å². The molecule has 9 nitrogen and oxygen atoms in total. The van der Waals surface area contributed by atoms with E-state index in [1.165, 1.54) is 6.92 Å². The Bertz CT molecular complexity index is 1110. The number of rotatable bonds is 8. The maximum atomic E-state index is 14.0. The van der Waals surface area contributed by atoms with Crippen LogP contribution in [-0.2, 0) is 19.2 Å². The molecular formula is C23H24F5N5O4. The number of nitrogens with one attached hydrogen (secondary N) is 2. The van der Waals surface area contributed by atoms with Crippen LogP contribution in [0.3, 0.4) is 0 Å². The molecule has 0 aromatic heterocycles. The Kier molecular flexibility index (Phi) is 7.48. The first kappa shape index (κ1) is 27.8. The lowest BCUT2D eigenvalue weighted by atomic mass is 10.1. The van der Waals surface area contributed by atoms with E-state index in [9.17, 15) is 46.4 Å². The van der Waals surface area contributed by atoms with Gasteiger partial charge in [-0.1, -0.05) is 25.1 Å². The second kappa shape index (κ2) is 9.95. The first-order valence-corrected chi connectivity index (χ1v) is 11.3. The molecule has 0 bridgehead atoms. The second-order valence-corrected chi connectivity index (χ2v) is 8.91. The van der Waals surface area contributed by atoms with Crippen LogP contribution in [0.15, 0.2) is 30.3 Å². The first-order valence-electron chi connectivity index (χ1n) is 11.3. The van der Waals surface area contributed by atoms with Crippen LogP contribution >= 0.6 is 0 Å². The van der Waals surface area contributed by atoms with E-state index in [1.54, 1.807) is 35.6 Å². The number of nitrogens with zero attached hydrogens (tertiary/aromatic N) is 3. The summed E-state index contributed by atoms with van der Waals surface area (Å²) in [6, 6.07) is 7.81. The summed E-state index contributed by atoms with van der Waals surface area (Å²) in [6.07, 6.45) is -0.226. The fraction of sp³-hybridized carbons (Fsp3) is 0.522. The maximum Gasteiger partial charge on any atom is 0.362 e. The van der Waals surface area contributed by atoms with Gasteiger partial charge in [-0.05, 0) is 25.0 Å². The zero-order chi connectivity index (χ0) is 27.8. The third kappa shape index (κ3) is 4.70. The van der Waals surface area contributed by atoms with Crippen molar-refractivity contribution in [1.29, 1.82) is 5.26 Å². The molecule has 3 atom stereocenters. The van der Waals surface area contributed by atoms with Crippen LogP contribution in [-0.4, -0.2) is 83.2 Å². The molecule has 2 aliphatic rings. The second-order valence-electron chi connectivity index (χ2n) is 8.91. The number of anilines is 1. The fourth-order valence-electron chi connectivity index (χ4n) is 4.10. The summed E-state index contributed by atoms with van der Waals surface area (Å²) in [7, 11) is 1.12. The van der Waals surface area contributed by atoms with E-state index in [0.29, 0.717) is 5.69 Å². The van der Waals surface area contributed by atoms with Crippen LogP contribution in [0, 0.1) is 17.2 Å². The zero-order valence-corrected chi connectivity index (χ0v) is 19.8. The van der Waals surface area contributed by atoms with Crippen LogP contribution in [0.4, 0.5) is 27.6 Å². The third-order valence-corrected chi connectivity index (χ3v) is 6.45. The van der Waals surface area contributed by atoms with Gasteiger partial charge in [-0.2, -0.15) is 22.8 Å². The Hall–Kier alpha value is -3.76. The van der Waals surface area contributed by atoms with Gasteiger partial charge < -0.3 is 20.4 Å². The number of para-hydroxylation sites is 1. The number of alkyl halides is 5. The van der Waals surface area contributed by atoms with Crippen LogP contribution in [0.5, 0.6) is 0 Å². The predicted molar refractivity (Wildman–Crippen MR) is 118 cm³/mol. The number of likely N-dealkylation sites (N-methyl/N-ethyl adjacent to an activating group) is 1. The Morgan fingerprint density at radius 1 is 1.14 bits per heavy atom. The molecule has 1 aliphatic heterocycles. The average molecular weight is 529 g/mol. The molecule has 4 amide bonds. The molecule has 3 rings (SSSR count). The molecule has 1 aromatic rings. The van der Waals surface area contributed by atoms with Crippen molar-refractivity contribution in [3.05, 3.63) is 30.3 Å². The van der Waals surface area contributed by atoms with Crippen molar-refractivity contribution in [3.63, 3.8) is 0 Å². The van der Waals surface area contributed by atoms with Gasteiger partial charge in [-0.25, -0.2) is 4.39 Å². The zero-order valence-electron chi connectivity index (χ0n) is 19.8. The molecule has 1 saturated carbocycles. The van der Waals surface area contributed by atoms with E-state index in [4.69, 9.17) is 0 Å². The number of amides is 4. The lowest BCUT2D eigenvalue weighted by Crippen LogP contribution is -2.53. The molecule has 37 heavy (non-hydrogen) atoms. The van der Waals surface area contributed by atoms with E-state index < -0.39 is 65.7 Å². The molecule has 0 radical (unpaired) electrons. The lowest BCUT2D eigenvalue weighted by Gasteiger charge is -2.27. The molecule has 1 aliphatic carbocycles. The van der Waals surface area contributed by atoms with Crippen molar-refractivity contribution in [1.82, 2.24) is 15.1 Å². The largest absolute Gasteiger partial charge is 0.362 e. The summed E-state index contributed by atoms with van der Waals surface area (Å²) < 4.78 is 66.6. The molecule has 200 valence electrons. The van der Waals surface area contributed by atoms with Gasteiger partial charge in [0.2, 0.25) is 17.7 Å². The molecule has 1 aromatic carbocycles. The summed E-state index contributed by atoms with van der Waals surface area (Å²) in [5.74, 6) is -15.6. The van der Waals surface area contributed by atoms with Crippen LogP contribution in [0.2, 0.25) is 0 Å². The number of hydrogen-bond donors (Lipinski definition) is 2. The van der Waals surface area contributed by atoms with E-state index in [0.717, 1.165) is 16.8 Å². The number of carbonyl (C=O) groups excluding carboxylic acids is 4. The highest BCUT2D eigenvalue weighted by Gasteiger charge is 3.02. The van der Waals surface area contributed by atoms with Crippen LogP contribution < -0.4 is 10.6 Å². The van der Waals surface area contributed by atoms with Gasteiger partial charge in [-0.3, -0.25) is 19.2 Å². The molecule has 14 heteroatoms. The standard InChI is InChI=1S/C23H24F5N5O4/c1-3-16(31-20(37)21(24)22(25,26)23(21,27)28)19(36)32(2)12-17(34)33-11-13(9-15(33)10-29)18(35)30-14-7-5-4-6-8-14/h4-8,13,15-16H,3,9,11-12H2,1-2H3,(H,30,35)(H,31,37). The third-order valence-electron chi connectivity index (χ3n) is 6.45. The first-order chi connectivity index (χ1) is 17.2. The van der Waals surface area contributed by atoms with Gasteiger partial charge in [0.25, 0.3) is 5.91 Å². The van der Waals surface area contributed by atoms with E-state index in [-0.39, 0.29) is 19.4 Å². The monoisotopic (exact) mass is 529 g/mol. The quantitative estimate of drug-likeness (QED) is 0.497. The lowest BCUT2D eigenvalue weighted by molar-refractivity contribution is -0.143. The van der Waals surface area contributed by atoms with Crippen molar-refractivity contribution in [2.75, 3.05) is 25.5 Å². The van der Waals surface area contributed by atoms with E-state index >= 15 is 0 Å². The van der Waals surface area contributed by atoms with Crippen LogP contribution in [0.25, 0.3) is 0 Å². The van der Waals surface area contributed by atoms with Gasteiger partial charge in [0, 0.05) is 19.3 Å². The fourth-order valence-corrected chi connectivity index (χ4v) is 4.10. The van der Waals surface area contributed by atoms with Crippen molar-refractivity contribution in [2.24, 2.45) is 5.92 Å². The minimum atomic E-state index is -5.21. The normalized spacial score (nSPS) is 23.4. The molecular weight excluding hydrogens is 505 g/mol. The number of nitriles is 1. The topological polar surface area (TPSA) is 123 Å². The Morgan fingerprint density at radius 2 is 1.73 bits per heavy atom. The summed E-state index contributed by atoms with van der Waals surface area (Å²) in [4.78, 5) is 51.8. The van der Waals surface area contributed by atoms with Gasteiger partial charge >= 0.3 is 17.5 Å². The molecule has 1 heterocycles. The number of halogens is 5. The summed E-state index contributed by atoms with van der Waals surface area (Å²) in [5.41, 5.74) is -4.24. The number of likely N-dealkylation sites (tertiary alicyclic amines) is 1. The van der Waals surface area contributed by atoms with Crippen molar-refractivity contribution >= 4 is 29.3 Å². The van der Waals surface area contributed by atoms with Gasteiger partial charge in [0.15, 0.2) is 0 Å². The Morgan fingerprint density at radius 3 is 2.24 bits per heavy atom. The molecule has 2 N–H and O–H groups in total. The summed E-state index contributed by atoms with van der Waals surface area (Å²) >= 11 is 0. The van der Waals surface area contributed by atoms with Gasteiger partial charge in [-0.15, -0.1) is 0 Å². The highest BCUT2D eigenvalue weighted by molar-refractivity contribution is 5.97. The van der Waals surface area contributed by atoms with E-state index in [1.807, 2.05) is 6.07 Å². The highest BCUT2D eigenvalue weighted by Crippen LogP contribution is 2.68. The highest BCUT2D eigenvalue weighted by atomic mass is 19.3. The average Bonchev–Trinajstić information content (AvgIpc) is 3.18. The van der Waals surface area contributed by atoms with Gasteiger partial charge in [0.05, 0.1) is 18.5 Å². The Labute approximate surface area is 208 Å². The minimum Gasteiger partial charge on any atom is -0.341 e. The summed E-state index contributed by atoms with van der Waals surface area (Å²) in [6.45, 7) is 0.568. The maximum absolute atomic E-state index is 14.0. The molecule has 3 unspecified atom stereocenters. The number of hydrogen-bond acceptors (Lipinski definition) is 5. The Balaban J connectivity index is 1.60.